The molecule has 10 aromatic rings. The summed E-state index contributed by atoms with van der Waals surface area (Å²) in [7, 11) is 0. The van der Waals surface area contributed by atoms with E-state index in [1.165, 1.54) is 21.5 Å². The molecule has 4 heteroatoms. The molecule has 0 radical (unpaired) electrons. The smallest absolute Gasteiger partial charge is 0.235 e. The van der Waals surface area contributed by atoms with Crippen molar-refractivity contribution in [2.24, 2.45) is 0 Å². The number of aromatic nitrogens is 3. The van der Waals surface area contributed by atoms with E-state index >= 15 is 0 Å². The van der Waals surface area contributed by atoms with Crippen LogP contribution in [0.1, 0.15) is 0 Å². The van der Waals surface area contributed by atoms with Crippen LogP contribution in [0, 0.1) is 0 Å². The molecule has 7 aromatic carbocycles. The zero-order chi connectivity index (χ0) is 30.2. The summed E-state index contributed by atoms with van der Waals surface area (Å²) in [6, 6.07) is 53.0. The van der Waals surface area contributed by atoms with Crippen LogP contribution in [-0.4, -0.2) is 14.5 Å². The van der Waals surface area contributed by atoms with Gasteiger partial charge in [0.05, 0.1) is 22.2 Å². The molecule has 0 aliphatic rings. The van der Waals surface area contributed by atoms with E-state index in [9.17, 15) is 0 Å². The second kappa shape index (κ2) is 9.62. The summed E-state index contributed by atoms with van der Waals surface area (Å²) >= 11 is 0. The Morgan fingerprint density at radius 3 is 2.13 bits per heavy atom. The van der Waals surface area contributed by atoms with Crippen LogP contribution in [0.25, 0.3) is 93.8 Å². The third-order valence-corrected chi connectivity index (χ3v) is 9.21. The minimum atomic E-state index is 0.659. The zero-order valence-corrected chi connectivity index (χ0v) is 24.7. The number of hydrogen-bond acceptors (Lipinski definition) is 3. The van der Waals surface area contributed by atoms with Gasteiger partial charge in [-0.25, -0.2) is 9.97 Å². The fourth-order valence-corrected chi connectivity index (χ4v) is 7.13. The maximum atomic E-state index is 6.43. The Balaban J connectivity index is 1.27. The van der Waals surface area contributed by atoms with Gasteiger partial charge in [-0.05, 0) is 46.7 Å². The molecule has 46 heavy (non-hydrogen) atoms. The summed E-state index contributed by atoms with van der Waals surface area (Å²) in [5.74, 6) is 0.659. The molecule has 0 spiro atoms. The number of para-hydroxylation sites is 4. The van der Waals surface area contributed by atoms with Gasteiger partial charge in [-0.1, -0.05) is 121 Å². The lowest BCUT2D eigenvalue weighted by atomic mass is 9.97. The van der Waals surface area contributed by atoms with Crippen LogP contribution in [0.3, 0.4) is 0 Å². The minimum absolute atomic E-state index is 0.659. The molecule has 0 amide bonds. The van der Waals surface area contributed by atoms with Crippen molar-refractivity contribution in [1.29, 1.82) is 0 Å². The average Bonchev–Trinajstić information content (AvgIpc) is 3.67. The first-order chi connectivity index (χ1) is 22.8. The van der Waals surface area contributed by atoms with E-state index in [0.29, 0.717) is 5.95 Å². The van der Waals surface area contributed by atoms with Gasteiger partial charge in [-0.3, -0.25) is 4.57 Å². The number of furan rings is 1. The van der Waals surface area contributed by atoms with Gasteiger partial charge < -0.3 is 4.42 Å². The van der Waals surface area contributed by atoms with Crippen LogP contribution in [0.15, 0.2) is 156 Å². The highest BCUT2D eigenvalue weighted by Gasteiger charge is 2.19. The molecule has 214 valence electrons. The Hall–Kier alpha value is -6.26. The van der Waals surface area contributed by atoms with E-state index in [2.05, 4.69) is 126 Å². The van der Waals surface area contributed by atoms with Crippen LogP contribution < -0.4 is 0 Å². The molecule has 0 fully saturated rings. The van der Waals surface area contributed by atoms with E-state index in [1.54, 1.807) is 0 Å². The number of rotatable bonds is 3. The molecule has 0 aliphatic heterocycles. The van der Waals surface area contributed by atoms with Crippen molar-refractivity contribution in [2.45, 2.75) is 0 Å². The molecule has 3 heterocycles. The van der Waals surface area contributed by atoms with Gasteiger partial charge in [0.2, 0.25) is 5.95 Å². The van der Waals surface area contributed by atoms with Gasteiger partial charge in [0.15, 0.2) is 0 Å². The van der Waals surface area contributed by atoms with Crippen LogP contribution in [0.5, 0.6) is 0 Å². The predicted molar refractivity (Wildman–Crippen MR) is 190 cm³/mol. The van der Waals surface area contributed by atoms with Crippen LogP contribution in [0.2, 0.25) is 0 Å². The maximum Gasteiger partial charge on any atom is 0.235 e. The molecule has 0 bridgehead atoms. The molecule has 0 atom stereocenters. The minimum Gasteiger partial charge on any atom is -0.455 e. The summed E-state index contributed by atoms with van der Waals surface area (Å²) in [5, 5.41) is 8.02. The predicted octanol–water partition coefficient (Wildman–Crippen LogP) is 11.1. The van der Waals surface area contributed by atoms with E-state index < -0.39 is 0 Å². The van der Waals surface area contributed by atoms with Crippen LogP contribution >= 0.6 is 0 Å². The highest BCUT2D eigenvalue weighted by atomic mass is 16.3. The van der Waals surface area contributed by atoms with Gasteiger partial charge in [0.1, 0.15) is 11.2 Å². The van der Waals surface area contributed by atoms with E-state index in [-0.39, 0.29) is 0 Å². The molecule has 0 saturated carbocycles. The van der Waals surface area contributed by atoms with E-state index in [1.807, 2.05) is 30.3 Å². The second-order valence-electron chi connectivity index (χ2n) is 11.8. The zero-order valence-electron chi connectivity index (χ0n) is 24.7. The molecule has 0 aliphatic carbocycles. The lowest BCUT2D eigenvalue weighted by molar-refractivity contribution is 0.670. The Morgan fingerprint density at radius 1 is 0.478 bits per heavy atom. The summed E-state index contributed by atoms with van der Waals surface area (Å²) < 4.78 is 8.65. The first-order valence-corrected chi connectivity index (χ1v) is 15.5. The van der Waals surface area contributed by atoms with Gasteiger partial charge in [0, 0.05) is 38.1 Å². The van der Waals surface area contributed by atoms with Crippen molar-refractivity contribution >= 4 is 65.4 Å². The molecule has 0 saturated heterocycles. The van der Waals surface area contributed by atoms with Gasteiger partial charge in [0.25, 0.3) is 0 Å². The van der Waals surface area contributed by atoms with Crippen molar-refractivity contribution in [2.75, 3.05) is 0 Å². The maximum absolute atomic E-state index is 6.43. The Labute approximate surface area is 263 Å². The first-order valence-electron chi connectivity index (χ1n) is 15.5. The van der Waals surface area contributed by atoms with Crippen molar-refractivity contribution in [1.82, 2.24) is 14.5 Å². The normalized spacial score (nSPS) is 11.9. The number of hydrogen-bond donors (Lipinski definition) is 0. The summed E-state index contributed by atoms with van der Waals surface area (Å²) in [4.78, 5) is 10.4. The Kier molecular flexibility index (Phi) is 5.25. The molecular weight excluding hydrogens is 562 g/mol. The molecule has 0 unspecified atom stereocenters. The molecular formula is C42H25N3O. The molecule has 0 N–H and O–H groups in total. The topological polar surface area (TPSA) is 43.9 Å². The standard InChI is InChI=1S/C42H25N3O/c1-2-11-27(12-3-1)40-32-14-4-7-18-35(32)43-42(44-40)45-36-19-8-5-15-33(36)39-34-25-28(22-21-26(34)23-24-37(39)45)29-16-10-17-31-30-13-6-9-20-38(30)46-41(29)31/h1-25H. The molecule has 4 nitrogen and oxygen atoms in total. The van der Waals surface area contributed by atoms with Gasteiger partial charge in [-0.2, -0.15) is 0 Å². The average molecular weight is 588 g/mol. The third kappa shape index (κ3) is 3.61. The van der Waals surface area contributed by atoms with E-state index in [4.69, 9.17) is 14.4 Å². The lowest BCUT2D eigenvalue weighted by Crippen LogP contribution is -2.03. The first kappa shape index (κ1) is 25.1. The quantitative estimate of drug-likeness (QED) is 0.207. The summed E-state index contributed by atoms with van der Waals surface area (Å²) in [6.07, 6.45) is 0. The lowest BCUT2D eigenvalue weighted by Gasteiger charge is -2.12. The molecule has 10 rings (SSSR count). The van der Waals surface area contributed by atoms with Crippen molar-refractivity contribution < 1.29 is 4.42 Å². The highest BCUT2D eigenvalue weighted by Crippen LogP contribution is 2.41. The van der Waals surface area contributed by atoms with Crippen LogP contribution in [0.4, 0.5) is 0 Å². The number of fused-ring (bicyclic) bond motifs is 9. The number of nitrogens with zero attached hydrogens (tertiary/aromatic N) is 3. The largest absolute Gasteiger partial charge is 0.455 e. The summed E-state index contributed by atoms with van der Waals surface area (Å²) in [6.45, 7) is 0. The SMILES string of the molecule is c1ccc(-c2nc(-n3c4ccccc4c4c5cc(-c6cccc7c6oc6ccccc67)ccc5ccc43)nc3ccccc23)cc1. The van der Waals surface area contributed by atoms with Crippen molar-refractivity contribution in [3.05, 3.63) is 152 Å². The van der Waals surface area contributed by atoms with Crippen molar-refractivity contribution in [3.63, 3.8) is 0 Å². The monoisotopic (exact) mass is 587 g/mol. The van der Waals surface area contributed by atoms with Crippen LogP contribution in [-0.2, 0) is 0 Å². The van der Waals surface area contributed by atoms with Gasteiger partial charge >= 0.3 is 0 Å². The van der Waals surface area contributed by atoms with Crippen molar-refractivity contribution in [3.8, 4) is 28.3 Å². The fourth-order valence-electron chi connectivity index (χ4n) is 7.13. The Morgan fingerprint density at radius 2 is 1.22 bits per heavy atom. The second-order valence-corrected chi connectivity index (χ2v) is 11.8. The van der Waals surface area contributed by atoms with Gasteiger partial charge in [-0.15, -0.1) is 0 Å². The Bertz CT molecular complexity index is 2810. The third-order valence-electron chi connectivity index (χ3n) is 9.21. The summed E-state index contributed by atoms with van der Waals surface area (Å²) in [5.41, 5.74) is 9.08. The fraction of sp³-hybridized carbons (Fsp3) is 0. The highest BCUT2D eigenvalue weighted by molar-refractivity contribution is 6.22. The van der Waals surface area contributed by atoms with E-state index in [0.717, 1.165) is 66.3 Å². The molecule has 3 aromatic heterocycles. The number of benzene rings is 7.